The van der Waals surface area contributed by atoms with Crippen LogP contribution in [0.5, 0.6) is 5.75 Å². The average molecular weight is 250 g/mol. The minimum Gasteiger partial charge on any atom is -0.476 e. The van der Waals surface area contributed by atoms with Crippen molar-refractivity contribution >= 4 is 17.6 Å². The minimum absolute atomic E-state index is 0.0799. The molecule has 1 fully saturated rings. The first-order valence-electron chi connectivity index (χ1n) is 5.96. The lowest BCUT2D eigenvalue weighted by atomic mass is 9.99. The quantitative estimate of drug-likeness (QED) is 0.788. The number of carbonyl (C=O) groups excluding carboxylic acids is 1. The number of hydrogen-bond acceptors (Lipinski definition) is 3. The highest BCUT2D eigenvalue weighted by Crippen LogP contribution is 2.44. The van der Waals surface area contributed by atoms with E-state index >= 15 is 0 Å². The zero-order chi connectivity index (χ0) is 12.9. The molecule has 0 bridgehead atoms. The van der Waals surface area contributed by atoms with Crippen molar-refractivity contribution < 1.29 is 19.4 Å². The summed E-state index contributed by atoms with van der Waals surface area (Å²) in [6.07, 6.45) is 4.72. The van der Waals surface area contributed by atoms with Crippen molar-refractivity contribution in [1.29, 1.82) is 0 Å². The van der Waals surface area contributed by atoms with Gasteiger partial charge in [0.25, 0.3) is 5.91 Å². The molecule has 1 saturated carbocycles. The third kappa shape index (κ3) is 1.35. The molecule has 2 heterocycles. The van der Waals surface area contributed by atoms with Gasteiger partial charge in [0.1, 0.15) is 5.69 Å². The number of hydrogen-bond donors (Lipinski definition) is 2. The number of aromatic nitrogens is 1. The zero-order valence-corrected chi connectivity index (χ0v) is 10.0. The van der Waals surface area contributed by atoms with Crippen molar-refractivity contribution in [2.24, 2.45) is 7.05 Å². The number of carboxylic acids is 1. The first-order chi connectivity index (χ1) is 8.53. The monoisotopic (exact) mass is 250 g/mol. The van der Waals surface area contributed by atoms with Gasteiger partial charge in [-0.2, -0.15) is 0 Å². The molecule has 1 spiro atoms. The van der Waals surface area contributed by atoms with E-state index in [2.05, 4.69) is 5.32 Å². The fraction of sp³-hybridized carbons (Fsp3) is 0.500. The van der Waals surface area contributed by atoms with Gasteiger partial charge in [0.15, 0.2) is 17.0 Å². The Labute approximate surface area is 104 Å². The Balaban J connectivity index is 2.09. The van der Waals surface area contributed by atoms with Gasteiger partial charge >= 0.3 is 5.97 Å². The van der Waals surface area contributed by atoms with Gasteiger partial charge < -0.3 is 19.7 Å². The number of ether oxygens (including phenoxy) is 1. The highest BCUT2D eigenvalue weighted by molar-refractivity contribution is 6.04. The first-order valence-corrected chi connectivity index (χ1v) is 5.96. The van der Waals surface area contributed by atoms with Crippen LogP contribution in [0.15, 0.2) is 6.20 Å². The van der Waals surface area contributed by atoms with Gasteiger partial charge in [-0.05, 0) is 25.7 Å². The number of fused-ring (bicyclic) bond motifs is 1. The Morgan fingerprint density at radius 1 is 1.50 bits per heavy atom. The predicted molar refractivity (Wildman–Crippen MR) is 62.8 cm³/mol. The van der Waals surface area contributed by atoms with E-state index in [9.17, 15) is 14.7 Å². The van der Waals surface area contributed by atoms with Crippen molar-refractivity contribution in [3.05, 3.63) is 11.9 Å². The third-order valence-electron chi connectivity index (χ3n) is 3.71. The summed E-state index contributed by atoms with van der Waals surface area (Å²) >= 11 is 0. The largest absolute Gasteiger partial charge is 0.476 e. The summed E-state index contributed by atoms with van der Waals surface area (Å²) in [5.74, 6) is -0.926. The van der Waals surface area contributed by atoms with Crippen molar-refractivity contribution in [2.75, 3.05) is 5.32 Å². The normalized spacial score (nSPS) is 20.4. The number of rotatable bonds is 1. The van der Waals surface area contributed by atoms with Crippen LogP contribution in [0.3, 0.4) is 0 Å². The van der Waals surface area contributed by atoms with Crippen LogP contribution >= 0.6 is 0 Å². The van der Waals surface area contributed by atoms with Crippen molar-refractivity contribution in [3.63, 3.8) is 0 Å². The van der Waals surface area contributed by atoms with Crippen LogP contribution in [0.4, 0.5) is 5.69 Å². The number of aromatic carboxylic acids is 1. The summed E-state index contributed by atoms with van der Waals surface area (Å²) in [5, 5.41) is 12.0. The fourth-order valence-electron chi connectivity index (χ4n) is 2.80. The predicted octanol–water partition coefficient (Wildman–Crippen LogP) is 1.37. The Hall–Kier alpha value is -1.98. The van der Waals surface area contributed by atoms with E-state index in [1.165, 1.54) is 4.57 Å². The van der Waals surface area contributed by atoms with E-state index in [1.54, 1.807) is 13.2 Å². The molecule has 0 aromatic carbocycles. The van der Waals surface area contributed by atoms with E-state index in [4.69, 9.17) is 4.74 Å². The minimum atomic E-state index is -1.05. The number of carboxylic acid groups (broad SMARTS) is 1. The maximum Gasteiger partial charge on any atom is 0.356 e. The van der Waals surface area contributed by atoms with Crippen LogP contribution in [0.1, 0.15) is 36.2 Å². The molecule has 18 heavy (non-hydrogen) atoms. The molecule has 1 aliphatic heterocycles. The molecule has 3 rings (SSSR count). The van der Waals surface area contributed by atoms with Crippen LogP contribution in [-0.4, -0.2) is 27.2 Å². The van der Waals surface area contributed by atoms with E-state index in [0.717, 1.165) is 12.8 Å². The highest BCUT2D eigenvalue weighted by atomic mass is 16.5. The number of nitrogens with zero attached hydrogens (tertiary/aromatic N) is 1. The maximum atomic E-state index is 12.1. The summed E-state index contributed by atoms with van der Waals surface area (Å²) in [4.78, 5) is 23.3. The summed E-state index contributed by atoms with van der Waals surface area (Å²) in [6, 6.07) is 0. The maximum absolute atomic E-state index is 12.1. The van der Waals surface area contributed by atoms with Crippen LogP contribution in [0, 0.1) is 0 Å². The fourth-order valence-corrected chi connectivity index (χ4v) is 2.80. The molecule has 0 atom stereocenters. The average Bonchev–Trinajstić information content (AvgIpc) is 2.85. The number of aryl methyl sites for hydroxylation is 1. The molecule has 6 nitrogen and oxygen atoms in total. The topological polar surface area (TPSA) is 80.6 Å². The van der Waals surface area contributed by atoms with Gasteiger partial charge in [0, 0.05) is 13.2 Å². The van der Waals surface area contributed by atoms with Crippen LogP contribution in [0.25, 0.3) is 0 Å². The van der Waals surface area contributed by atoms with Crippen molar-refractivity contribution in [2.45, 2.75) is 31.3 Å². The number of nitrogens with one attached hydrogen (secondary N) is 1. The smallest absolute Gasteiger partial charge is 0.356 e. The van der Waals surface area contributed by atoms with Crippen molar-refractivity contribution in [1.82, 2.24) is 4.57 Å². The molecule has 0 unspecified atom stereocenters. The van der Waals surface area contributed by atoms with E-state index < -0.39 is 11.6 Å². The SMILES string of the molecule is Cn1cc2c(c1C(=O)O)OC1(CCCC1)C(=O)N2. The molecule has 2 N–H and O–H groups in total. The summed E-state index contributed by atoms with van der Waals surface area (Å²) in [5.41, 5.74) is -0.341. The molecule has 6 heteroatoms. The molecule has 1 amide bonds. The second-order valence-corrected chi connectivity index (χ2v) is 4.89. The number of anilines is 1. The van der Waals surface area contributed by atoms with E-state index in [-0.39, 0.29) is 17.4 Å². The Kier molecular flexibility index (Phi) is 2.17. The second-order valence-electron chi connectivity index (χ2n) is 4.89. The lowest BCUT2D eigenvalue weighted by Crippen LogP contribution is -2.48. The Morgan fingerprint density at radius 3 is 2.78 bits per heavy atom. The van der Waals surface area contributed by atoms with Crippen LogP contribution in [-0.2, 0) is 11.8 Å². The molecule has 1 aromatic heterocycles. The van der Waals surface area contributed by atoms with Gasteiger partial charge in [-0.15, -0.1) is 0 Å². The summed E-state index contributed by atoms with van der Waals surface area (Å²) in [7, 11) is 1.62. The lowest BCUT2D eigenvalue weighted by Gasteiger charge is -2.33. The van der Waals surface area contributed by atoms with Crippen LogP contribution in [0.2, 0.25) is 0 Å². The van der Waals surface area contributed by atoms with Crippen molar-refractivity contribution in [3.8, 4) is 5.75 Å². The second kappa shape index (κ2) is 3.51. The summed E-state index contributed by atoms with van der Waals surface area (Å²) in [6.45, 7) is 0. The molecular formula is C12H14N2O4. The third-order valence-corrected chi connectivity index (χ3v) is 3.71. The highest BCUT2D eigenvalue weighted by Gasteiger charge is 2.48. The van der Waals surface area contributed by atoms with Gasteiger partial charge in [-0.25, -0.2) is 4.79 Å². The Bertz CT molecular complexity index is 541. The van der Waals surface area contributed by atoms with Crippen LogP contribution < -0.4 is 10.1 Å². The Morgan fingerprint density at radius 2 is 2.17 bits per heavy atom. The molecule has 0 saturated heterocycles. The molecule has 2 aliphatic rings. The van der Waals surface area contributed by atoms with Gasteiger partial charge in [-0.3, -0.25) is 4.79 Å². The number of amides is 1. The first kappa shape index (κ1) is 11.1. The van der Waals surface area contributed by atoms with Gasteiger partial charge in [0.05, 0.1) is 0 Å². The molecule has 96 valence electrons. The molecule has 1 aliphatic carbocycles. The zero-order valence-electron chi connectivity index (χ0n) is 10.0. The number of carbonyl (C=O) groups is 2. The lowest BCUT2D eigenvalue weighted by molar-refractivity contribution is -0.131. The molecule has 0 radical (unpaired) electrons. The molecule has 1 aromatic rings. The van der Waals surface area contributed by atoms with Gasteiger partial charge in [-0.1, -0.05) is 0 Å². The standard InChI is InChI=1S/C12H14N2O4/c1-14-6-7-9(8(14)10(15)16)18-12(11(17)13-7)4-2-3-5-12/h6H,2-5H2,1H3,(H,13,17)(H,15,16). The van der Waals surface area contributed by atoms with E-state index in [1.807, 2.05) is 0 Å². The van der Waals surface area contributed by atoms with Gasteiger partial charge in [0.2, 0.25) is 0 Å². The summed E-state index contributed by atoms with van der Waals surface area (Å²) < 4.78 is 7.25. The molecular weight excluding hydrogens is 236 g/mol. The van der Waals surface area contributed by atoms with E-state index in [0.29, 0.717) is 18.5 Å².